The van der Waals surface area contributed by atoms with Crippen LogP contribution in [0, 0.1) is 25.7 Å². The molecule has 1 heterocycles. The number of ketones is 1. The summed E-state index contributed by atoms with van der Waals surface area (Å²) in [5.41, 5.74) is 5.86. The molecule has 1 fully saturated rings. The highest BCUT2D eigenvalue weighted by Crippen LogP contribution is 2.52. The number of rotatable bonds is 4. The van der Waals surface area contributed by atoms with E-state index >= 15 is 0 Å². The molecule has 0 aromatic heterocycles. The number of esters is 1. The molecule has 4 heteroatoms. The Kier molecular flexibility index (Phi) is 7.66. The molecule has 3 atom stereocenters. The first kappa shape index (κ1) is 25.3. The molecule has 0 N–H and O–H groups in total. The Morgan fingerprint density at radius 1 is 0.944 bits per heavy atom. The zero-order chi connectivity index (χ0) is 25.7. The molecule has 184 valence electrons. The first-order valence-electron chi connectivity index (χ1n) is 12.2. The van der Waals surface area contributed by atoms with E-state index in [9.17, 15) is 9.59 Å². The molecule has 0 saturated carbocycles. The maximum absolute atomic E-state index is 12.2. The number of fused-ring (bicyclic) bond motifs is 1. The van der Waals surface area contributed by atoms with Crippen molar-refractivity contribution in [2.45, 2.75) is 25.9 Å². The monoisotopic (exact) mass is 480 g/mol. The molecule has 0 radical (unpaired) electrons. The van der Waals surface area contributed by atoms with Crippen molar-refractivity contribution in [2.24, 2.45) is 11.8 Å². The predicted molar refractivity (Wildman–Crippen MR) is 143 cm³/mol. The number of carbonyl (C=O) groups excluding carboxylic acids is 2. The van der Waals surface area contributed by atoms with E-state index in [2.05, 4.69) is 55.5 Å². The minimum absolute atomic E-state index is 0.0794. The van der Waals surface area contributed by atoms with Crippen LogP contribution in [0.4, 0.5) is 0 Å². The van der Waals surface area contributed by atoms with E-state index in [0.717, 1.165) is 16.7 Å². The zero-order valence-corrected chi connectivity index (χ0v) is 21.1. The molecule has 2 aliphatic rings. The smallest absolute Gasteiger partial charge is 0.337 e. The van der Waals surface area contributed by atoms with Gasteiger partial charge in [-0.1, -0.05) is 84.4 Å². The van der Waals surface area contributed by atoms with Crippen LogP contribution in [0.3, 0.4) is 0 Å². The highest BCUT2D eigenvalue weighted by atomic mass is 16.5. The van der Waals surface area contributed by atoms with Gasteiger partial charge in [0.25, 0.3) is 0 Å². The average molecular weight is 481 g/mol. The Hall–Kier alpha value is -3.76. The number of hydrogen-bond donors (Lipinski definition) is 0. The third kappa shape index (κ3) is 5.24. The maximum atomic E-state index is 12.2. The van der Waals surface area contributed by atoms with Crippen molar-refractivity contribution >= 4 is 17.3 Å². The van der Waals surface area contributed by atoms with Gasteiger partial charge in [0.2, 0.25) is 0 Å². The summed E-state index contributed by atoms with van der Waals surface area (Å²) >= 11 is 0. The van der Waals surface area contributed by atoms with E-state index in [1.807, 2.05) is 30.3 Å². The topological polar surface area (TPSA) is 52.6 Å². The summed E-state index contributed by atoms with van der Waals surface area (Å²) in [6.07, 6.45) is 4.15. The van der Waals surface area contributed by atoms with E-state index < -0.39 is 5.60 Å². The van der Waals surface area contributed by atoms with Crippen LogP contribution in [0.15, 0.2) is 97.6 Å². The lowest BCUT2D eigenvalue weighted by Crippen LogP contribution is -2.36. The molecule has 5 rings (SSSR count). The van der Waals surface area contributed by atoms with E-state index in [1.165, 1.54) is 18.2 Å². The summed E-state index contributed by atoms with van der Waals surface area (Å²) in [5, 5.41) is 0. The fourth-order valence-corrected chi connectivity index (χ4v) is 5.22. The van der Waals surface area contributed by atoms with Crippen LogP contribution >= 0.6 is 0 Å². The normalized spacial score (nSPS) is 22.2. The summed E-state index contributed by atoms with van der Waals surface area (Å²) in [5.74, 6) is 0.0897. The molecular weight excluding hydrogens is 448 g/mol. The summed E-state index contributed by atoms with van der Waals surface area (Å²) in [6.45, 7) is 9.22. The molecule has 1 aliphatic heterocycles. The van der Waals surface area contributed by atoms with Crippen LogP contribution in [0.5, 0.6) is 0 Å². The molecule has 36 heavy (non-hydrogen) atoms. The lowest BCUT2D eigenvalue weighted by atomic mass is 9.69. The van der Waals surface area contributed by atoms with Crippen molar-refractivity contribution in [3.63, 3.8) is 0 Å². The first-order chi connectivity index (χ1) is 17.3. The SMILES string of the molecule is C=C(c1cc(C)cc(C)c1)C1COC2(c3ccccc3)C=CC(=O)CC12.COC(=O)c1ccccc1. The number of benzene rings is 3. The minimum Gasteiger partial charge on any atom is -0.465 e. The summed E-state index contributed by atoms with van der Waals surface area (Å²) in [7, 11) is 1.37. The second-order valence-electron chi connectivity index (χ2n) is 9.45. The zero-order valence-electron chi connectivity index (χ0n) is 21.1. The van der Waals surface area contributed by atoms with Gasteiger partial charge in [0.1, 0.15) is 5.60 Å². The van der Waals surface area contributed by atoms with Gasteiger partial charge >= 0.3 is 5.97 Å². The maximum Gasteiger partial charge on any atom is 0.337 e. The summed E-state index contributed by atoms with van der Waals surface area (Å²) in [6, 6.07) is 25.7. The van der Waals surface area contributed by atoms with Crippen LogP contribution in [-0.4, -0.2) is 25.5 Å². The molecule has 3 aromatic carbocycles. The molecule has 0 spiro atoms. The third-order valence-electron chi connectivity index (χ3n) is 6.94. The number of hydrogen-bond acceptors (Lipinski definition) is 4. The van der Waals surface area contributed by atoms with Crippen LogP contribution in [0.2, 0.25) is 0 Å². The Labute approximate surface area is 213 Å². The summed E-state index contributed by atoms with van der Waals surface area (Å²) in [4.78, 5) is 23.0. The molecule has 0 bridgehead atoms. The fraction of sp³-hybridized carbons (Fsp3) is 0.250. The number of aryl methyl sites for hydroxylation is 2. The molecule has 1 aliphatic carbocycles. The van der Waals surface area contributed by atoms with Crippen molar-refractivity contribution in [2.75, 3.05) is 13.7 Å². The van der Waals surface area contributed by atoms with E-state index in [-0.39, 0.29) is 23.6 Å². The molecular formula is C32H32O4. The summed E-state index contributed by atoms with van der Waals surface area (Å²) < 4.78 is 10.9. The molecule has 1 saturated heterocycles. The average Bonchev–Trinajstić information content (AvgIpc) is 3.28. The van der Waals surface area contributed by atoms with E-state index in [4.69, 9.17) is 4.74 Å². The first-order valence-corrected chi connectivity index (χ1v) is 12.2. The van der Waals surface area contributed by atoms with Gasteiger partial charge in [-0.05, 0) is 54.8 Å². The van der Waals surface area contributed by atoms with Crippen LogP contribution in [-0.2, 0) is 19.9 Å². The van der Waals surface area contributed by atoms with Gasteiger partial charge < -0.3 is 9.47 Å². The molecule has 3 aromatic rings. The van der Waals surface area contributed by atoms with E-state index in [0.29, 0.717) is 18.6 Å². The number of allylic oxidation sites excluding steroid dienone is 1. The quantitative estimate of drug-likeness (QED) is 0.401. The van der Waals surface area contributed by atoms with Gasteiger partial charge in [0, 0.05) is 18.3 Å². The second-order valence-corrected chi connectivity index (χ2v) is 9.45. The van der Waals surface area contributed by atoms with Crippen LogP contribution in [0.1, 0.15) is 39.0 Å². The van der Waals surface area contributed by atoms with Crippen molar-refractivity contribution in [3.8, 4) is 0 Å². The molecule has 4 nitrogen and oxygen atoms in total. The Bertz CT molecular complexity index is 1260. The van der Waals surface area contributed by atoms with Gasteiger partial charge in [0.05, 0.1) is 19.3 Å². The van der Waals surface area contributed by atoms with Gasteiger partial charge in [0.15, 0.2) is 5.78 Å². The van der Waals surface area contributed by atoms with E-state index in [1.54, 1.807) is 30.3 Å². The highest BCUT2D eigenvalue weighted by molar-refractivity contribution is 5.92. The molecule has 3 unspecified atom stereocenters. The van der Waals surface area contributed by atoms with Gasteiger partial charge in [-0.15, -0.1) is 0 Å². The largest absolute Gasteiger partial charge is 0.465 e. The third-order valence-corrected chi connectivity index (χ3v) is 6.94. The van der Waals surface area contributed by atoms with Gasteiger partial charge in [-0.2, -0.15) is 0 Å². The van der Waals surface area contributed by atoms with Crippen molar-refractivity contribution in [1.82, 2.24) is 0 Å². The Morgan fingerprint density at radius 3 is 2.17 bits per heavy atom. The van der Waals surface area contributed by atoms with Crippen LogP contribution in [0.25, 0.3) is 5.57 Å². The number of carbonyl (C=O) groups is 2. The van der Waals surface area contributed by atoms with Crippen molar-refractivity contribution < 1.29 is 19.1 Å². The fourth-order valence-electron chi connectivity index (χ4n) is 5.22. The lowest BCUT2D eigenvalue weighted by molar-refractivity contribution is -0.118. The van der Waals surface area contributed by atoms with Crippen molar-refractivity contribution in [1.29, 1.82) is 0 Å². The van der Waals surface area contributed by atoms with Gasteiger partial charge in [-0.3, -0.25) is 4.79 Å². The predicted octanol–water partition coefficient (Wildman–Crippen LogP) is 6.48. The number of ether oxygens (including phenoxy) is 2. The number of methoxy groups -OCH3 is 1. The standard InChI is InChI=1S/C24H24O2.C8H8O2/c1-16-11-17(2)13-19(12-16)18(3)22-15-26-24(20-7-5-4-6-8-20)10-9-21(25)14-23(22)24;1-10-8(9)7-5-3-2-4-6-7/h4-13,22-23H,3,14-15H2,1-2H3;2-6H,1H3. The van der Waals surface area contributed by atoms with Gasteiger partial charge in [-0.25, -0.2) is 4.79 Å². The van der Waals surface area contributed by atoms with Crippen molar-refractivity contribution in [3.05, 3.63) is 125 Å². The van der Waals surface area contributed by atoms with Crippen LogP contribution < -0.4 is 0 Å². The minimum atomic E-state index is -0.526. The Morgan fingerprint density at radius 2 is 1.56 bits per heavy atom. The molecule has 0 amide bonds. The lowest BCUT2D eigenvalue weighted by Gasteiger charge is -2.36. The Balaban J connectivity index is 0.000000256. The highest BCUT2D eigenvalue weighted by Gasteiger charge is 2.52. The second kappa shape index (κ2) is 10.9.